The number of aliphatic hydroxyl groups is 1. The van der Waals surface area contributed by atoms with Crippen molar-refractivity contribution >= 4 is 11.4 Å². The van der Waals surface area contributed by atoms with E-state index in [0.29, 0.717) is 11.3 Å². The second kappa shape index (κ2) is 6.27. The largest absolute Gasteiger partial charge is 0.508 e. The van der Waals surface area contributed by atoms with Gasteiger partial charge in [0.1, 0.15) is 11.5 Å². The third-order valence-electron chi connectivity index (χ3n) is 2.72. The number of phenolic OH excluding ortho intramolecular Hbond substituents is 1. The van der Waals surface area contributed by atoms with Crippen LogP contribution in [0.1, 0.15) is 5.56 Å². The van der Waals surface area contributed by atoms with Crippen LogP contribution in [-0.2, 0) is 6.61 Å². The topological polar surface area (TPSA) is 74.4 Å². The predicted molar refractivity (Wildman–Crippen MR) is 71.1 cm³/mol. The Morgan fingerprint density at radius 2 is 1.76 bits per heavy atom. The van der Waals surface area contributed by atoms with Gasteiger partial charge in [-0.2, -0.15) is 0 Å². The summed E-state index contributed by atoms with van der Waals surface area (Å²) in [5, 5.41) is 25.5. The maximum absolute atomic E-state index is 13.5. The molecule has 2 rings (SSSR count). The number of benzene rings is 2. The number of hydrogen-bond donors (Lipinski definition) is 2. The van der Waals surface area contributed by atoms with E-state index in [1.54, 1.807) is 6.07 Å². The van der Waals surface area contributed by atoms with Crippen molar-refractivity contribution in [3.8, 4) is 11.5 Å². The summed E-state index contributed by atoms with van der Waals surface area (Å²) >= 11 is 0. The number of hydrogen-bond acceptors (Lipinski definition) is 5. The molecule has 0 saturated carbocycles. The Morgan fingerprint density at radius 3 is 2.33 bits per heavy atom. The summed E-state index contributed by atoms with van der Waals surface area (Å²) in [7, 11) is 1.47. The Hall–Kier alpha value is -2.54. The van der Waals surface area contributed by atoms with Gasteiger partial charge in [0.15, 0.2) is 17.3 Å². The van der Waals surface area contributed by atoms with Crippen molar-refractivity contribution in [2.75, 3.05) is 7.11 Å². The minimum atomic E-state index is -1.03. The number of phenols is 1. The lowest BCUT2D eigenvalue weighted by Gasteiger charge is -2.05. The van der Waals surface area contributed by atoms with Gasteiger partial charge in [-0.3, -0.25) is 0 Å². The molecule has 5 nitrogen and oxygen atoms in total. The van der Waals surface area contributed by atoms with Gasteiger partial charge in [-0.1, -0.05) is 0 Å². The Labute approximate surface area is 119 Å². The van der Waals surface area contributed by atoms with Crippen LogP contribution < -0.4 is 4.74 Å². The number of ether oxygens (including phenoxy) is 1. The highest BCUT2D eigenvalue weighted by Crippen LogP contribution is 2.30. The van der Waals surface area contributed by atoms with E-state index in [0.717, 1.165) is 12.1 Å². The van der Waals surface area contributed by atoms with Crippen LogP contribution in [0.4, 0.5) is 20.2 Å². The molecule has 0 saturated heterocycles. The maximum atomic E-state index is 13.5. The summed E-state index contributed by atoms with van der Waals surface area (Å²) in [5.74, 6) is -2.09. The zero-order valence-corrected chi connectivity index (χ0v) is 11.0. The van der Waals surface area contributed by atoms with Crippen molar-refractivity contribution in [3.05, 3.63) is 47.5 Å². The average molecular weight is 294 g/mol. The number of rotatable bonds is 4. The molecule has 0 unspecified atom stereocenters. The van der Waals surface area contributed by atoms with Gasteiger partial charge in [0.25, 0.3) is 0 Å². The third-order valence-corrected chi connectivity index (χ3v) is 2.72. The number of nitrogens with zero attached hydrogens (tertiary/aromatic N) is 2. The third kappa shape index (κ3) is 3.32. The molecule has 7 heteroatoms. The van der Waals surface area contributed by atoms with Crippen LogP contribution in [0, 0.1) is 11.6 Å². The van der Waals surface area contributed by atoms with Crippen LogP contribution in [0.2, 0.25) is 0 Å². The number of azo groups is 1. The summed E-state index contributed by atoms with van der Waals surface area (Å²) in [4.78, 5) is 0. The zero-order chi connectivity index (χ0) is 15.4. The molecule has 0 aliphatic carbocycles. The fourth-order valence-corrected chi connectivity index (χ4v) is 1.66. The standard InChI is InChI=1S/C14H12F2N2O3/c1-21-10-2-3-13(8(4-10)7-19)17-18-14-11(15)5-9(20)6-12(14)16/h2-6,19-20H,7H2,1H3. The molecule has 2 N–H and O–H groups in total. The van der Waals surface area contributed by atoms with Crippen molar-refractivity contribution in [1.82, 2.24) is 0 Å². The summed E-state index contributed by atoms with van der Waals surface area (Å²) < 4.78 is 32.0. The Morgan fingerprint density at radius 1 is 1.10 bits per heavy atom. The van der Waals surface area contributed by atoms with Crippen LogP contribution in [0.25, 0.3) is 0 Å². The normalized spacial score (nSPS) is 11.0. The molecule has 0 fully saturated rings. The molecule has 0 spiro atoms. The van der Waals surface area contributed by atoms with E-state index in [-0.39, 0.29) is 12.3 Å². The molecule has 0 aromatic heterocycles. The summed E-state index contributed by atoms with van der Waals surface area (Å²) in [6, 6.07) is 6.09. The van der Waals surface area contributed by atoms with Crippen molar-refractivity contribution < 1.29 is 23.7 Å². The van der Waals surface area contributed by atoms with E-state index in [1.165, 1.54) is 19.2 Å². The lowest BCUT2D eigenvalue weighted by atomic mass is 10.2. The number of aromatic hydroxyl groups is 1. The highest BCUT2D eigenvalue weighted by atomic mass is 19.1. The zero-order valence-electron chi connectivity index (χ0n) is 11.0. The lowest BCUT2D eigenvalue weighted by molar-refractivity contribution is 0.281. The second-order valence-electron chi connectivity index (χ2n) is 4.11. The highest BCUT2D eigenvalue weighted by molar-refractivity contribution is 5.50. The van der Waals surface area contributed by atoms with E-state index in [9.17, 15) is 13.9 Å². The smallest absolute Gasteiger partial charge is 0.157 e. The van der Waals surface area contributed by atoms with Crippen molar-refractivity contribution in [3.63, 3.8) is 0 Å². The van der Waals surface area contributed by atoms with Gasteiger partial charge in [-0.05, 0) is 18.2 Å². The van der Waals surface area contributed by atoms with E-state index in [2.05, 4.69) is 10.2 Å². The van der Waals surface area contributed by atoms with Gasteiger partial charge < -0.3 is 14.9 Å². The monoisotopic (exact) mass is 294 g/mol. The first-order valence-corrected chi connectivity index (χ1v) is 5.92. The van der Waals surface area contributed by atoms with Crippen LogP contribution in [0.15, 0.2) is 40.6 Å². The van der Waals surface area contributed by atoms with Gasteiger partial charge in [0.05, 0.1) is 19.4 Å². The molecule has 2 aromatic rings. The van der Waals surface area contributed by atoms with Crippen LogP contribution in [0.5, 0.6) is 11.5 Å². The summed E-state index contributed by atoms with van der Waals surface area (Å²) in [6.07, 6.45) is 0. The molecule has 21 heavy (non-hydrogen) atoms. The van der Waals surface area contributed by atoms with Crippen LogP contribution >= 0.6 is 0 Å². The molecule has 0 amide bonds. The Kier molecular flexibility index (Phi) is 4.44. The minimum absolute atomic E-state index is 0.255. The minimum Gasteiger partial charge on any atom is -0.508 e. The van der Waals surface area contributed by atoms with Crippen LogP contribution in [0.3, 0.4) is 0 Å². The SMILES string of the molecule is COc1ccc(N=Nc2c(F)cc(O)cc2F)c(CO)c1. The first kappa shape index (κ1) is 14.9. The molecular weight excluding hydrogens is 282 g/mol. The van der Waals surface area contributed by atoms with Crippen LogP contribution in [-0.4, -0.2) is 17.3 Å². The maximum Gasteiger partial charge on any atom is 0.157 e. The van der Waals surface area contributed by atoms with E-state index >= 15 is 0 Å². The fourth-order valence-electron chi connectivity index (χ4n) is 1.66. The predicted octanol–water partition coefficient (Wildman–Crippen LogP) is 3.59. The van der Waals surface area contributed by atoms with E-state index < -0.39 is 23.1 Å². The molecular formula is C14H12F2N2O3. The quantitative estimate of drug-likeness (QED) is 0.846. The first-order valence-electron chi connectivity index (χ1n) is 5.92. The van der Waals surface area contributed by atoms with E-state index in [4.69, 9.17) is 9.84 Å². The van der Waals surface area contributed by atoms with Crippen molar-refractivity contribution in [2.45, 2.75) is 6.61 Å². The number of aliphatic hydroxyl groups excluding tert-OH is 1. The van der Waals surface area contributed by atoms with Gasteiger partial charge in [-0.15, -0.1) is 10.2 Å². The Bertz CT molecular complexity index is 667. The highest BCUT2D eigenvalue weighted by Gasteiger charge is 2.11. The molecule has 0 bridgehead atoms. The number of methoxy groups -OCH3 is 1. The molecule has 0 atom stereocenters. The van der Waals surface area contributed by atoms with Crippen molar-refractivity contribution in [1.29, 1.82) is 0 Å². The summed E-state index contributed by atoms with van der Waals surface area (Å²) in [6.45, 7) is -0.327. The van der Waals surface area contributed by atoms with E-state index in [1.807, 2.05) is 0 Å². The fraction of sp³-hybridized carbons (Fsp3) is 0.143. The first-order chi connectivity index (χ1) is 10.0. The molecule has 2 aromatic carbocycles. The second-order valence-corrected chi connectivity index (χ2v) is 4.11. The Balaban J connectivity index is 2.38. The molecule has 0 aliphatic heterocycles. The van der Waals surface area contributed by atoms with Gasteiger partial charge in [-0.25, -0.2) is 8.78 Å². The average Bonchev–Trinajstić information content (AvgIpc) is 2.46. The van der Waals surface area contributed by atoms with Gasteiger partial charge >= 0.3 is 0 Å². The number of halogens is 2. The molecule has 0 heterocycles. The van der Waals surface area contributed by atoms with Gasteiger partial charge in [0, 0.05) is 17.7 Å². The van der Waals surface area contributed by atoms with Gasteiger partial charge in [0.2, 0.25) is 0 Å². The summed E-state index contributed by atoms with van der Waals surface area (Å²) in [5.41, 5.74) is 0.0374. The van der Waals surface area contributed by atoms with Crippen molar-refractivity contribution in [2.24, 2.45) is 10.2 Å². The lowest BCUT2D eigenvalue weighted by Crippen LogP contribution is -1.88. The molecule has 0 aliphatic rings. The molecule has 0 radical (unpaired) electrons. The molecule has 110 valence electrons.